The van der Waals surface area contributed by atoms with E-state index >= 15 is 0 Å². The normalized spacial score (nSPS) is 10.7. The van der Waals surface area contributed by atoms with Gasteiger partial charge in [0.1, 0.15) is 12.4 Å². The molecule has 86 valence electrons. The zero-order valence-electron chi connectivity index (χ0n) is 8.54. The van der Waals surface area contributed by atoms with E-state index in [1.54, 1.807) is 12.1 Å². The fourth-order valence-electron chi connectivity index (χ4n) is 1.05. The van der Waals surface area contributed by atoms with Crippen LogP contribution in [-0.4, -0.2) is 17.7 Å². The lowest BCUT2D eigenvalue weighted by Gasteiger charge is -2.09. The quantitative estimate of drug-likeness (QED) is 0.571. The highest BCUT2D eigenvalue weighted by atomic mass is 127. The first kappa shape index (κ1) is 13.8. The van der Waals surface area contributed by atoms with E-state index in [2.05, 4.69) is 45.2 Å². The standard InChI is InChI=1S/C11H10I2O3/c1-2-3-4-16-10-8(12)5-7(11(14)15)6-9(10)13/h2-3,5-6H,4H2,1H3,(H,14,15). The lowest BCUT2D eigenvalue weighted by atomic mass is 10.2. The maximum atomic E-state index is 10.8. The van der Waals surface area contributed by atoms with Gasteiger partial charge in [-0.3, -0.25) is 0 Å². The number of carbonyl (C=O) groups is 1. The Morgan fingerprint density at radius 1 is 1.44 bits per heavy atom. The molecule has 0 saturated carbocycles. The molecular formula is C11H10I2O3. The van der Waals surface area contributed by atoms with E-state index in [1.165, 1.54) is 0 Å². The van der Waals surface area contributed by atoms with Crippen LogP contribution in [0, 0.1) is 7.14 Å². The summed E-state index contributed by atoms with van der Waals surface area (Å²) in [5, 5.41) is 8.88. The van der Waals surface area contributed by atoms with E-state index in [-0.39, 0.29) is 5.56 Å². The van der Waals surface area contributed by atoms with Gasteiger partial charge in [0.25, 0.3) is 0 Å². The molecule has 1 rings (SSSR count). The molecule has 0 radical (unpaired) electrons. The Bertz CT molecular complexity index is 404. The third-order valence-electron chi connectivity index (χ3n) is 1.80. The van der Waals surface area contributed by atoms with E-state index in [0.29, 0.717) is 6.61 Å². The number of rotatable bonds is 4. The molecule has 1 aromatic carbocycles. The summed E-state index contributed by atoms with van der Waals surface area (Å²) in [4.78, 5) is 10.8. The molecule has 0 fully saturated rings. The van der Waals surface area contributed by atoms with Crippen LogP contribution in [0.2, 0.25) is 0 Å². The molecule has 0 aliphatic rings. The predicted molar refractivity (Wildman–Crippen MR) is 79.1 cm³/mol. The summed E-state index contributed by atoms with van der Waals surface area (Å²) < 4.78 is 7.17. The van der Waals surface area contributed by atoms with Gasteiger partial charge in [-0.05, 0) is 64.2 Å². The SMILES string of the molecule is CC=CCOc1c(I)cc(C(=O)O)cc1I. The van der Waals surface area contributed by atoms with Crippen molar-refractivity contribution in [1.82, 2.24) is 0 Å². The monoisotopic (exact) mass is 444 g/mol. The van der Waals surface area contributed by atoms with Crippen LogP contribution in [0.5, 0.6) is 5.75 Å². The molecule has 0 unspecified atom stereocenters. The van der Waals surface area contributed by atoms with Gasteiger partial charge in [-0.1, -0.05) is 12.2 Å². The van der Waals surface area contributed by atoms with Crippen molar-refractivity contribution in [2.45, 2.75) is 6.92 Å². The second kappa shape index (κ2) is 6.43. The number of aromatic carboxylic acids is 1. The van der Waals surface area contributed by atoms with Gasteiger partial charge >= 0.3 is 5.97 Å². The predicted octanol–water partition coefficient (Wildman–Crippen LogP) is 3.55. The molecule has 0 amide bonds. The molecule has 0 aromatic heterocycles. The molecule has 0 aliphatic heterocycles. The Hall–Kier alpha value is -0.310. The van der Waals surface area contributed by atoms with Crippen LogP contribution < -0.4 is 4.74 Å². The molecule has 0 heterocycles. The molecule has 0 aliphatic carbocycles. The van der Waals surface area contributed by atoms with Gasteiger partial charge in [0, 0.05) is 0 Å². The third kappa shape index (κ3) is 3.62. The summed E-state index contributed by atoms with van der Waals surface area (Å²) in [7, 11) is 0. The van der Waals surface area contributed by atoms with Crippen molar-refractivity contribution in [2.24, 2.45) is 0 Å². The van der Waals surface area contributed by atoms with Gasteiger partial charge in [0.05, 0.1) is 12.7 Å². The van der Waals surface area contributed by atoms with Gasteiger partial charge in [0.15, 0.2) is 0 Å². The molecule has 1 aromatic rings. The third-order valence-corrected chi connectivity index (χ3v) is 3.41. The zero-order chi connectivity index (χ0) is 12.1. The molecule has 3 nitrogen and oxygen atoms in total. The number of halogens is 2. The Kier molecular flexibility index (Phi) is 5.53. The van der Waals surface area contributed by atoms with E-state index in [9.17, 15) is 4.79 Å². The Morgan fingerprint density at radius 2 is 2.00 bits per heavy atom. The first-order chi connectivity index (χ1) is 7.56. The molecule has 0 bridgehead atoms. The van der Waals surface area contributed by atoms with Crippen molar-refractivity contribution >= 4 is 51.2 Å². The molecule has 1 N–H and O–H groups in total. The number of ether oxygens (including phenoxy) is 1. The van der Waals surface area contributed by atoms with Crippen molar-refractivity contribution in [1.29, 1.82) is 0 Å². The topological polar surface area (TPSA) is 46.5 Å². The van der Waals surface area contributed by atoms with E-state index in [4.69, 9.17) is 9.84 Å². The number of benzene rings is 1. The van der Waals surface area contributed by atoms with Crippen LogP contribution in [0.15, 0.2) is 24.3 Å². The van der Waals surface area contributed by atoms with Gasteiger partial charge in [-0.15, -0.1) is 0 Å². The van der Waals surface area contributed by atoms with Gasteiger partial charge in [-0.25, -0.2) is 4.79 Å². The summed E-state index contributed by atoms with van der Waals surface area (Å²) in [6.07, 6.45) is 3.81. The summed E-state index contributed by atoms with van der Waals surface area (Å²) >= 11 is 4.16. The zero-order valence-corrected chi connectivity index (χ0v) is 12.9. The van der Waals surface area contributed by atoms with E-state index in [0.717, 1.165) is 12.9 Å². The number of hydrogen-bond acceptors (Lipinski definition) is 2. The Balaban J connectivity index is 2.98. The highest BCUT2D eigenvalue weighted by Gasteiger charge is 2.11. The van der Waals surface area contributed by atoms with Crippen LogP contribution >= 0.6 is 45.2 Å². The molecule has 0 spiro atoms. The summed E-state index contributed by atoms with van der Waals surface area (Å²) in [5.41, 5.74) is 0.284. The minimum Gasteiger partial charge on any atom is -0.487 e. The smallest absolute Gasteiger partial charge is 0.335 e. The van der Waals surface area contributed by atoms with Crippen LogP contribution in [0.4, 0.5) is 0 Å². The number of allylic oxidation sites excluding steroid dienone is 1. The van der Waals surface area contributed by atoms with Crippen molar-refractivity contribution in [2.75, 3.05) is 6.61 Å². The first-order valence-electron chi connectivity index (χ1n) is 4.52. The summed E-state index contributed by atoms with van der Waals surface area (Å²) in [6.45, 7) is 2.42. The number of carboxylic acids is 1. The van der Waals surface area contributed by atoms with Gasteiger partial charge in [-0.2, -0.15) is 0 Å². The molecule has 0 atom stereocenters. The highest BCUT2D eigenvalue weighted by Crippen LogP contribution is 2.29. The van der Waals surface area contributed by atoms with Crippen molar-refractivity contribution < 1.29 is 14.6 Å². The van der Waals surface area contributed by atoms with Crippen LogP contribution in [-0.2, 0) is 0 Å². The Labute approximate surface area is 121 Å². The summed E-state index contributed by atoms with van der Waals surface area (Å²) in [6, 6.07) is 3.21. The number of carboxylic acid groups (broad SMARTS) is 1. The average molecular weight is 444 g/mol. The number of hydrogen-bond donors (Lipinski definition) is 1. The van der Waals surface area contributed by atoms with Crippen LogP contribution in [0.25, 0.3) is 0 Å². The molecule has 16 heavy (non-hydrogen) atoms. The average Bonchev–Trinajstić information content (AvgIpc) is 2.21. The second-order valence-electron chi connectivity index (χ2n) is 2.95. The van der Waals surface area contributed by atoms with Gasteiger partial charge in [0.2, 0.25) is 0 Å². The van der Waals surface area contributed by atoms with E-state index < -0.39 is 5.97 Å². The minimum atomic E-state index is -0.921. The largest absolute Gasteiger partial charge is 0.487 e. The molecular weight excluding hydrogens is 434 g/mol. The van der Waals surface area contributed by atoms with Crippen LogP contribution in [0.3, 0.4) is 0 Å². The maximum absolute atomic E-state index is 10.8. The lowest BCUT2D eigenvalue weighted by Crippen LogP contribution is -2.02. The van der Waals surface area contributed by atoms with Crippen molar-refractivity contribution in [3.8, 4) is 5.75 Å². The van der Waals surface area contributed by atoms with Crippen molar-refractivity contribution in [3.05, 3.63) is 37.0 Å². The second-order valence-corrected chi connectivity index (χ2v) is 5.28. The molecule has 5 heteroatoms. The fourth-order valence-corrected chi connectivity index (χ4v) is 3.13. The highest BCUT2D eigenvalue weighted by molar-refractivity contribution is 14.1. The van der Waals surface area contributed by atoms with E-state index in [1.807, 2.05) is 19.1 Å². The fraction of sp³-hybridized carbons (Fsp3) is 0.182. The van der Waals surface area contributed by atoms with Gasteiger partial charge < -0.3 is 9.84 Å². The van der Waals surface area contributed by atoms with Crippen LogP contribution in [0.1, 0.15) is 17.3 Å². The lowest BCUT2D eigenvalue weighted by molar-refractivity contribution is 0.0696. The van der Waals surface area contributed by atoms with Crippen molar-refractivity contribution in [3.63, 3.8) is 0 Å². The Morgan fingerprint density at radius 3 is 2.44 bits per heavy atom. The minimum absolute atomic E-state index is 0.284. The molecule has 0 saturated heterocycles. The maximum Gasteiger partial charge on any atom is 0.335 e. The summed E-state index contributed by atoms with van der Waals surface area (Å²) in [5.74, 6) is -0.180. The first-order valence-corrected chi connectivity index (χ1v) is 6.68.